The minimum Gasteiger partial charge on any atom is -0.381 e. The SMILES string of the molecule is Cc1ccc(F)cc1-n1nnc(N)c1C(C)C. The molecule has 0 aliphatic carbocycles. The predicted molar refractivity (Wildman–Crippen MR) is 64.6 cm³/mol. The average molecular weight is 234 g/mol. The normalized spacial score (nSPS) is 11.1. The molecule has 2 aromatic rings. The first-order valence-electron chi connectivity index (χ1n) is 5.48. The zero-order valence-corrected chi connectivity index (χ0v) is 10.1. The number of hydrogen-bond donors (Lipinski definition) is 1. The van der Waals surface area contributed by atoms with E-state index in [-0.39, 0.29) is 11.7 Å². The van der Waals surface area contributed by atoms with E-state index in [0.29, 0.717) is 11.5 Å². The van der Waals surface area contributed by atoms with E-state index in [9.17, 15) is 4.39 Å². The fourth-order valence-electron chi connectivity index (χ4n) is 1.83. The highest BCUT2D eigenvalue weighted by atomic mass is 19.1. The van der Waals surface area contributed by atoms with Gasteiger partial charge in [0.1, 0.15) is 5.82 Å². The minimum atomic E-state index is -0.297. The molecular weight excluding hydrogens is 219 g/mol. The monoisotopic (exact) mass is 234 g/mol. The van der Waals surface area contributed by atoms with Gasteiger partial charge in [-0.25, -0.2) is 9.07 Å². The molecule has 0 aliphatic heterocycles. The summed E-state index contributed by atoms with van der Waals surface area (Å²) < 4.78 is 14.9. The first-order valence-corrected chi connectivity index (χ1v) is 5.48. The second kappa shape index (κ2) is 4.16. The predicted octanol–water partition coefficient (Wildman–Crippen LogP) is 2.42. The summed E-state index contributed by atoms with van der Waals surface area (Å²) in [5.41, 5.74) is 8.19. The van der Waals surface area contributed by atoms with E-state index >= 15 is 0 Å². The summed E-state index contributed by atoms with van der Waals surface area (Å²) in [5.74, 6) is 0.269. The third-order valence-electron chi connectivity index (χ3n) is 2.68. The topological polar surface area (TPSA) is 56.7 Å². The Morgan fingerprint density at radius 3 is 2.71 bits per heavy atom. The van der Waals surface area contributed by atoms with Crippen molar-refractivity contribution in [2.45, 2.75) is 26.7 Å². The number of nitrogens with zero attached hydrogens (tertiary/aromatic N) is 3. The standard InChI is InChI=1S/C12H15FN4/c1-7(2)11-12(14)15-16-17(11)10-6-9(13)5-4-8(10)3/h4-7H,14H2,1-3H3. The second-order valence-electron chi connectivity index (χ2n) is 4.36. The summed E-state index contributed by atoms with van der Waals surface area (Å²) in [6.07, 6.45) is 0. The lowest BCUT2D eigenvalue weighted by molar-refractivity contribution is 0.621. The van der Waals surface area contributed by atoms with Gasteiger partial charge in [-0.05, 0) is 30.5 Å². The molecule has 2 N–H and O–H groups in total. The molecule has 1 aromatic carbocycles. The van der Waals surface area contributed by atoms with E-state index < -0.39 is 0 Å². The van der Waals surface area contributed by atoms with Crippen LogP contribution in [0.5, 0.6) is 0 Å². The molecule has 0 spiro atoms. The lowest BCUT2D eigenvalue weighted by Gasteiger charge is -2.11. The molecule has 0 unspecified atom stereocenters. The molecule has 0 fully saturated rings. The lowest BCUT2D eigenvalue weighted by atomic mass is 10.1. The number of nitrogens with two attached hydrogens (primary N) is 1. The van der Waals surface area contributed by atoms with Crippen LogP contribution in [0.15, 0.2) is 18.2 Å². The van der Waals surface area contributed by atoms with E-state index in [1.54, 1.807) is 10.7 Å². The fraction of sp³-hybridized carbons (Fsp3) is 0.333. The van der Waals surface area contributed by atoms with Gasteiger partial charge in [-0.1, -0.05) is 25.1 Å². The zero-order valence-electron chi connectivity index (χ0n) is 10.1. The molecule has 2 rings (SSSR count). The van der Waals surface area contributed by atoms with E-state index in [0.717, 1.165) is 11.3 Å². The molecule has 5 heteroatoms. The van der Waals surface area contributed by atoms with Crippen LogP contribution in [-0.2, 0) is 0 Å². The number of aryl methyl sites for hydroxylation is 1. The van der Waals surface area contributed by atoms with Gasteiger partial charge in [0, 0.05) is 0 Å². The Balaban J connectivity index is 2.64. The van der Waals surface area contributed by atoms with Crippen LogP contribution in [0.1, 0.15) is 31.0 Å². The van der Waals surface area contributed by atoms with Crippen LogP contribution in [0.4, 0.5) is 10.2 Å². The van der Waals surface area contributed by atoms with Crippen LogP contribution in [0, 0.1) is 12.7 Å². The summed E-state index contributed by atoms with van der Waals surface area (Å²) in [6, 6.07) is 4.58. The molecule has 0 saturated carbocycles. The Labute approximate surface area is 99.2 Å². The van der Waals surface area contributed by atoms with Gasteiger partial charge < -0.3 is 5.73 Å². The van der Waals surface area contributed by atoms with Crippen molar-refractivity contribution in [3.8, 4) is 5.69 Å². The lowest BCUT2D eigenvalue weighted by Crippen LogP contribution is -2.07. The number of rotatable bonds is 2. The van der Waals surface area contributed by atoms with Crippen molar-refractivity contribution >= 4 is 5.82 Å². The highest BCUT2D eigenvalue weighted by Gasteiger charge is 2.16. The van der Waals surface area contributed by atoms with Crippen molar-refractivity contribution in [2.24, 2.45) is 0 Å². The molecule has 0 radical (unpaired) electrons. The van der Waals surface area contributed by atoms with Crippen LogP contribution in [0.25, 0.3) is 5.69 Å². The van der Waals surface area contributed by atoms with Crippen molar-refractivity contribution in [3.63, 3.8) is 0 Å². The Morgan fingerprint density at radius 1 is 1.35 bits per heavy atom. The van der Waals surface area contributed by atoms with E-state index in [2.05, 4.69) is 10.3 Å². The Kier molecular flexibility index (Phi) is 2.83. The third kappa shape index (κ3) is 2.00. The summed E-state index contributed by atoms with van der Waals surface area (Å²) in [5, 5.41) is 7.84. The maximum absolute atomic E-state index is 13.3. The smallest absolute Gasteiger partial charge is 0.169 e. The molecule has 90 valence electrons. The van der Waals surface area contributed by atoms with Crippen LogP contribution >= 0.6 is 0 Å². The quantitative estimate of drug-likeness (QED) is 0.868. The van der Waals surface area contributed by atoms with Gasteiger partial charge in [0.05, 0.1) is 11.4 Å². The molecule has 0 atom stereocenters. The van der Waals surface area contributed by atoms with E-state index in [1.165, 1.54) is 12.1 Å². The molecule has 1 aromatic heterocycles. The maximum atomic E-state index is 13.3. The Morgan fingerprint density at radius 2 is 2.06 bits per heavy atom. The third-order valence-corrected chi connectivity index (χ3v) is 2.68. The van der Waals surface area contributed by atoms with Gasteiger partial charge in [0.2, 0.25) is 0 Å². The van der Waals surface area contributed by atoms with Crippen molar-refractivity contribution in [1.82, 2.24) is 15.0 Å². The summed E-state index contributed by atoms with van der Waals surface area (Å²) in [7, 11) is 0. The summed E-state index contributed by atoms with van der Waals surface area (Å²) in [6.45, 7) is 5.90. The molecule has 1 heterocycles. The molecule has 4 nitrogen and oxygen atoms in total. The van der Waals surface area contributed by atoms with Crippen molar-refractivity contribution in [3.05, 3.63) is 35.3 Å². The van der Waals surface area contributed by atoms with Gasteiger partial charge in [0.15, 0.2) is 5.82 Å². The van der Waals surface area contributed by atoms with Gasteiger partial charge in [-0.3, -0.25) is 0 Å². The highest BCUT2D eigenvalue weighted by molar-refractivity contribution is 5.46. The number of benzene rings is 1. The molecule has 0 bridgehead atoms. The second-order valence-corrected chi connectivity index (χ2v) is 4.36. The van der Waals surface area contributed by atoms with Crippen molar-refractivity contribution < 1.29 is 4.39 Å². The largest absolute Gasteiger partial charge is 0.381 e. The zero-order chi connectivity index (χ0) is 12.6. The first kappa shape index (κ1) is 11.6. The van der Waals surface area contributed by atoms with Gasteiger partial charge in [0.25, 0.3) is 0 Å². The number of anilines is 1. The van der Waals surface area contributed by atoms with Crippen LogP contribution in [0.2, 0.25) is 0 Å². The van der Waals surface area contributed by atoms with Gasteiger partial charge >= 0.3 is 0 Å². The van der Waals surface area contributed by atoms with Gasteiger partial charge in [-0.15, -0.1) is 5.10 Å². The maximum Gasteiger partial charge on any atom is 0.169 e. The fourth-order valence-corrected chi connectivity index (χ4v) is 1.83. The van der Waals surface area contributed by atoms with Crippen LogP contribution in [-0.4, -0.2) is 15.0 Å². The summed E-state index contributed by atoms with van der Waals surface area (Å²) in [4.78, 5) is 0. The molecule has 17 heavy (non-hydrogen) atoms. The van der Waals surface area contributed by atoms with Crippen molar-refractivity contribution in [1.29, 1.82) is 0 Å². The molecule has 0 saturated heterocycles. The molecular formula is C12H15FN4. The average Bonchev–Trinajstić information content (AvgIpc) is 2.64. The molecule has 0 amide bonds. The Hall–Kier alpha value is -1.91. The Bertz CT molecular complexity index is 545. The number of hydrogen-bond acceptors (Lipinski definition) is 3. The number of halogens is 1. The first-order chi connectivity index (χ1) is 8.00. The van der Waals surface area contributed by atoms with E-state index in [4.69, 9.17) is 5.73 Å². The van der Waals surface area contributed by atoms with Crippen LogP contribution in [0.3, 0.4) is 0 Å². The summed E-state index contributed by atoms with van der Waals surface area (Å²) >= 11 is 0. The van der Waals surface area contributed by atoms with E-state index in [1.807, 2.05) is 20.8 Å². The van der Waals surface area contributed by atoms with Crippen molar-refractivity contribution in [2.75, 3.05) is 5.73 Å². The highest BCUT2D eigenvalue weighted by Crippen LogP contribution is 2.24. The van der Waals surface area contributed by atoms with Crippen LogP contribution < -0.4 is 5.73 Å². The van der Waals surface area contributed by atoms with Gasteiger partial charge in [-0.2, -0.15) is 0 Å². The number of aromatic nitrogens is 3. The minimum absolute atomic E-state index is 0.174. The molecule has 0 aliphatic rings. The number of nitrogen functional groups attached to an aromatic ring is 1.